The molecule has 1 N–H and O–H groups in total. The number of nitrogens with one attached hydrogen (secondary N) is 1. The molecule has 0 unspecified atom stereocenters. The number of rotatable bonds is 6. The Balaban J connectivity index is 2.77. The summed E-state index contributed by atoms with van der Waals surface area (Å²) in [4.78, 5) is 11.4. The van der Waals surface area contributed by atoms with E-state index in [2.05, 4.69) is 5.32 Å². The van der Waals surface area contributed by atoms with Gasteiger partial charge in [-0.1, -0.05) is 0 Å². The van der Waals surface area contributed by atoms with Crippen LogP contribution in [-0.4, -0.2) is 33.6 Å². The molecule has 1 rings (SSSR count). The molecule has 0 saturated carbocycles. The standard InChI is InChI=1S/C12H15ClFNO4S/c1-8(2)19-6-5-15-12(16)10-7-9(20(13,17)18)3-4-11(10)14/h3-4,7-8H,5-6H2,1-2H3,(H,15,16). The quantitative estimate of drug-likeness (QED) is 0.641. The topological polar surface area (TPSA) is 72.5 Å². The fraction of sp³-hybridized carbons (Fsp3) is 0.417. The lowest BCUT2D eigenvalue weighted by Gasteiger charge is -2.09. The van der Waals surface area contributed by atoms with Gasteiger partial charge in [-0.2, -0.15) is 0 Å². The molecule has 1 aromatic rings. The van der Waals surface area contributed by atoms with Gasteiger partial charge in [0.1, 0.15) is 5.82 Å². The van der Waals surface area contributed by atoms with Crippen molar-refractivity contribution in [1.82, 2.24) is 5.32 Å². The van der Waals surface area contributed by atoms with Crippen molar-refractivity contribution in [3.8, 4) is 0 Å². The van der Waals surface area contributed by atoms with E-state index in [4.69, 9.17) is 15.4 Å². The molecule has 0 fully saturated rings. The van der Waals surface area contributed by atoms with Gasteiger partial charge >= 0.3 is 0 Å². The summed E-state index contributed by atoms with van der Waals surface area (Å²) in [5.41, 5.74) is -0.378. The Bertz CT molecular complexity index is 589. The summed E-state index contributed by atoms with van der Waals surface area (Å²) >= 11 is 0. The van der Waals surface area contributed by atoms with Crippen LogP contribution in [0.25, 0.3) is 0 Å². The first-order valence-corrected chi connectivity index (χ1v) is 8.16. The molecule has 112 valence electrons. The molecule has 0 aliphatic rings. The van der Waals surface area contributed by atoms with Gasteiger partial charge in [-0.05, 0) is 32.0 Å². The second kappa shape index (κ2) is 7.01. The second-order valence-corrected chi connectivity index (χ2v) is 6.82. The summed E-state index contributed by atoms with van der Waals surface area (Å²) in [5.74, 6) is -1.55. The third-order valence-corrected chi connectivity index (χ3v) is 3.65. The summed E-state index contributed by atoms with van der Waals surface area (Å²) in [7, 11) is 1.14. The molecule has 5 nitrogen and oxygen atoms in total. The number of amides is 1. The molecule has 1 amide bonds. The van der Waals surface area contributed by atoms with Gasteiger partial charge in [0.15, 0.2) is 0 Å². The van der Waals surface area contributed by atoms with Crippen LogP contribution in [0.4, 0.5) is 4.39 Å². The maximum atomic E-state index is 13.5. The predicted octanol–water partition coefficient (Wildman–Crippen LogP) is 1.91. The molecule has 0 aliphatic carbocycles. The van der Waals surface area contributed by atoms with Gasteiger partial charge in [0.05, 0.1) is 23.2 Å². The van der Waals surface area contributed by atoms with Crippen molar-refractivity contribution in [1.29, 1.82) is 0 Å². The van der Waals surface area contributed by atoms with Crippen LogP contribution in [0.5, 0.6) is 0 Å². The number of halogens is 2. The van der Waals surface area contributed by atoms with Gasteiger partial charge in [0, 0.05) is 17.2 Å². The lowest BCUT2D eigenvalue weighted by Crippen LogP contribution is -2.28. The summed E-state index contributed by atoms with van der Waals surface area (Å²) in [5, 5.41) is 2.43. The predicted molar refractivity (Wildman–Crippen MR) is 72.9 cm³/mol. The van der Waals surface area contributed by atoms with Crippen LogP contribution in [0.3, 0.4) is 0 Å². The molecule has 0 aliphatic heterocycles. The summed E-state index contributed by atoms with van der Waals surface area (Å²) in [6, 6.07) is 2.78. The Morgan fingerprint density at radius 2 is 2.10 bits per heavy atom. The molecule has 0 radical (unpaired) electrons. The van der Waals surface area contributed by atoms with E-state index >= 15 is 0 Å². The van der Waals surface area contributed by atoms with Gasteiger partial charge in [-0.25, -0.2) is 12.8 Å². The third kappa shape index (κ3) is 5.07. The van der Waals surface area contributed by atoms with E-state index in [-0.39, 0.29) is 29.7 Å². The summed E-state index contributed by atoms with van der Waals surface area (Å²) in [6.07, 6.45) is 0.0216. The van der Waals surface area contributed by atoms with Crippen LogP contribution in [0.15, 0.2) is 23.1 Å². The highest BCUT2D eigenvalue weighted by Crippen LogP contribution is 2.18. The molecule has 0 bridgehead atoms. The average molecular weight is 324 g/mol. The van der Waals surface area contributed by atoms with E-state index in [1.165, 1.54) is 0 Å². The van der Waals surface area contributed by atoms with Crippen molar-refractivity contribution in [2.45, 2.75) is 24.8 Å². The Morgan fingerprint density at radius 3 is 2.65 bits per heavy atom. The zero-order valence-corrected chi connectivity index (χ0v) is 12.6. The number of hydrogen-bond donors (Lipinski definition) is 1. The molecular formula is C12H15ClFNO4S. The molecule has 0 spiro atoms. The van der Waals surface area contributed by atoms with Gasteiger partial charge in [-0.3, -0.25) is 4.79 Å². The number of carbonyl (C=O) groups excluding carboxylic acids is 1. The van der Waals surface area contributed by atoms with Crippen molar-refractivity contribution in [3.63, 3.8) is 0 Å². The maximum Gasteiger partial charge on any atom is 0.261 e. The van der Waals surface area contributed by atoms with Gasteiger partial charge in [0.2, 0.25) is 0 Å². The van der Waals surface area contributed by atoms with E-state index in [0.717, 1.165) is 18.2 Å². The van der Waals surface area contributed by atoms with E-state index in [9.17, 15) is 17.6 Å². The molecule has 1 aromatic carbocycles. The van der Waals surface area contributed by atoms with Crippen LogP contribution in [0.1, 0.15) is 24.2 Å². The number of benzene rings is 1. The van der Waals surface area contributed by atoms with Crippen molar-refractivity contribution in [2.24, 2.45) is 0 Å². The van der Waals surface area contributed by atoms with Crippen molar-refractivity contribution < 1.29 is 22.3 Å². The highest BCUT2D eigenvalue weighted by molar-refractivity contribution is 8.13. The van der Waals surface area contributed by atoms with E-state index in [1.807, 2.05) is 13.8 Å². The van der Waals surface area contributed by atoms with Crippen LogP contribution in [0, 0.1) is 5.82 Å². The smallest absolute Gasteiger partial charge is 0.261 e. The van der Waals surface area contributed by atoms with Gasteiger partial charge in [0.25, 0.3) is 15.0 Å². The summed E-state index contributed by atoms with van der Waals surface area (Å²) in [6.45, 7) is 4.15. The summed E-state index contributed by atoms with van der Waals surface area (Å²) < 4.78 is 41.0. The van der Waals surface area contributed by atoms with Crippen molar-refractivity contribution in [2.75, 3.05) is 13.2 Å². The number of carbonyl (C=O) groups is 1. The minimum absolute atomic E-state index is 0.0216. The Hall–Kier alpha value is -1.18. The number of hydrogen-bond acceptors (Lipinski definition) is 4. The first-order chi connectivity index (χ1) is 9.21. The first kappa shape index (κ1) is 16.9. The highest BCUT2D eigenvalue weighted by atomic mass is 35.7. The Morgan fingerprint density at radius 1 is 1.45 bits per heavy atom. The minimum Gasteiger partial charge on any atom is -0.377 e. The highest BCUT2D eigenvalue weighted by Gasteiger charge is 2.17. The Kier molecular flexibility index (Phi) is 5.91. The first-order valence-electron chi connectivity index (χ1n) is 5.86. The monoisotopic (exact) mass is 323 g/mol. The van der Waals surface area contributed by atoms with E-state index in [1.54, 1.807) is 0 Å². The normalized spacial score (nSPS) is 11.7. The van der Waals surface area contributed by atoms with Gasteiger partial charge < -0.3 is 10.1 Å². The second-order valence-electron chi connectivity index (χ2n) is 4.25. The van der Waals surface area contributed by atoms with Crippen LogP contribution in [-0.2, 0) is 13.8 Å². The van der Waals surface area contributed by atoms with Gasteiger partial charge in [-0.15, -0.1) is 0 Å². The SMILES string of the molecule is CC(C)OCCNC(=O)c1cc(S(=O)(=O)Cl)ccc1F. The van der Waals surface area contributed by atoms with Crippen LogP contribution in [0.2, 0.25) is 0 Å². The maximum absolute atomic E-state index is 13.5. The Labute approximate surface area is 121 Å². The number of ether oxygens (including phenoxy) is 1. The van der Waals surface area contributed by atoms with Crippen molar-refractivity contribution >= 4 is 25.6 Å². The minimum atomic E-state index is -4.01. The molecular weight excluding hydrogens is 309 g/mol. The zero-order valence-electron chi connectivity index (χ0n) is 11.0. The molecule has 0 atom stereocenters. The molecule has 0 aromatic heterocycles. The van der Waals surface area contributed by atoms with E-state index in [0.29, 0.717) is 0 Å². The fourth-order valence-corrected chi connectivity index (χ4v) is 2.16. The average Bonchev–Trinajstić information content (AvgIpc) is 2.33. The molecule has 0 saturated heterocycles. The molecule has 0 heterocycles. The fourth-order valence-electron chi connectivity index (χ4n) is 1.38. The molecule has 20 heavy (non-hydrogen) atoms. The lowest BCUT2D eigenvalue weighted by atomic mass is 10.2. The zero-order chi connectivity index (χ0) is 15.3. The van der Waals surface area contributed by atoms with Crippen LogP contribution >= 0.6 is 10.7 Å². The van der Waals surface area contributed by atoms with E-state index < -0.39 is 20.8 Å². The third-order valence-electron chi connectivity index (χ3n) is 2.30. The molecule has 8 heteroatoms. The van der Waals surface area contributed by atoms with Crippen LogP contribution < -0.4 is 5.32 Å². The lowest BCUT2D eigenvalue weighted by molar-refractivity contribution is 0.0745. The van der Waals surface area contributed by atoms with Crippen molar-refractivity contribution in [3.05, 3.63) is 29.6 Å². The largest absolute Gasteiger partial charge is 0.377 e.